The molecule has 0 aromatic rings. The number of carbonyl (C=O) groups is 1. The Morgan fingerprint density at radius 2 is 2.00 bits per heavy atom. The molecule has 0 heterocycles. The van der Waals surface area contributed by atoms with Gasteiger partial charge < -0.3 is 10.4 Å². The molecule has 1 rings (SSSR count). The maximum absolute atomic E-state index is 10.9. The Bertz CT molecular complexity index is 167. The van der Waals surface area contributed by atoms with Crippen molar-refractivity contribution in [3.05, 3.63) is 0 Å². The molecule has 0 saturated heterocycles. The van der Waals surface area contributed by atoms with E-state index in [1.54, 1.807) is 0 Å². The lowest BCUT2D eigenvalue weighted by molar-refractivity contribution is -0.118. The summed E-state index contributed by atoms with van der Waals surface area (Å²) in [7, 11) is 0. The van der Waals surface area contributed by atoms with Gasteiger partial charge in [0.2, 0.25) is 5.91 Å². The first kappa shape index (κ1) is 11.0. The van der Waals surface area contributed by atoms with Crippen molar-refractivity contribution in [3.8, 4) is 0 Å². The third kappa shape index (κ3) is 4.09. The maximum atomic E-state index is 10.9. The first-order valence-corrected chi connectivity index (χ1v) is 5.85. The number of hydrogen-bond acceptors (Lipinski definition) is 2. The van der Waals surface area contributed by atoms with Gasteiger partial charge in [0.1, 0.15) is 0 Å². The molecule has 0 radical (unpaired) electrons. The third-order valence-electron chi connectivity index (χ3n) is 2.53. The van der Waals surface area contributed by atoms with Gasteiger partial charge in [0.05, 0.1) is 11.4 Å². The highest BCUT2D eigenvalue weighted by Gasteiger charge is 2.19. The minimum absolute atomic E-state index is 0.0473. The molecule has 13 heavy (non-hydrogen) atoms. The number of aliphatic hydroxyl groups excluding tert-OH is 1. The molecule has 4 heteroatoms. The Morgan fingerprint density at radius 1 is 1.38 bits per heavy atom. The molecular weight excluding hydrogens is 234 g/mol. The van der Waals surface area contributed by atoms with E-state index in [4.69, 9.17) is 0 Å². The zero-order valence-corrected chi connectivity index (χ0v) is 9.22. The van der Waals surface area contributed by atoms with E-state index in [0.717, 1.165) is 32.2 Å². The fourth-order valence-corrected chi connectivity index (χ4v) is 1.85. The van der Waals surface area contributed by atoms with Crippen molar-refractivity contribution in [2.45, 2.75) is 31.8 Å². The SMILES string of the molecule is O=C(CBr)NCC1CCC(O)CC1. The van der Waals surface area contributed by atoms with Crippen LogP contribution in [0.1, 0.15) is 25.7 Å². The lowest BCUT2D eigenvalue weighted by Gasteiger charge is -2.25. The summed E-state index contributed by atoms with van der Waals surface area (Å²) in [4.78, 5) is 10.9. The van der Waals surface area contributed by atoms with Crippen molar-refractivity contribution in [1.82, 2.24) is 5.32 Å². The molecule has 0 spiro atoms. The van der Waals surface area contributed by atoms with Crippen molar-refractivity contribution >= 4 is 21.8 Å². The van der Waals surface area contributed by atoms with Crippen LogP contribution in [0.25, 0.3) is 0 Å². The van der Waals surface area contributed by atoms with Crippen molar-refractivity contribution in [1.29, 1.82) is 0 Å². The zero-order chi connectivity index (χ0) is 9.68. The Balaban J connectivity index is 2.12. The van der Waals surface area contributed by atoms with Crippen LogP contribution >= 0.6 is 15.9 Å². The van der Waals surface area contributed by atoms with E-state index < -0.39 is 0 Å². The molecule has 1 fully saturated rings. The first-order chi connectivity index (χ1) is 6.22. The van der Waals surface area contributed by atoms with Gasteiger partial charge >= 0.3 is 0 Å². The van der Waals surface area contributed by atoms with Gasteiger partial charge in [-0.1, -0.05) is 15.9 Å². The summed E-state index contributed by atoms with van der Waals surface area (Å²) in [5.41, 5.74) is 0. The molecule has 0 aromatic heterocycles. The second kappa shape index (κ2) is 5.60. The van der Waals surface area contributed by atoms with Gasteiger partial charge in [-0.25, -0.2) is 0 Å². The lowest BCUT2D eigenvalue weighted by atomic mass is 9.87. The van der Waals surface area contributed by atoms with E-state index in [-0.39, 0.29) is 12.0 Å². The van der Waals surface area contributed by atoms with Crippen LogP contribution in [-0.2, 0) is 4.79 Å². The van der Waals surface area contributed by atoms with Gasteiger partial charge in [-0.05, 0) is 31.6 Å². The van der Waals surface area contributed by atoms with Crippen LogP contribution in [0.15, 0.2) is 0 Å². The van der Waals surface area contributed by atoms with Crippen LogP contribution in [0.2, 0.25) is 0 Å². The molecule has 0 aliphatic heterocycles. The zero-order valence-electron chi connectivity index (χ0n) is 7.63. The molecule has 0 aromatic carbocycles. The number of halogens is 1. The molecule has 1 aliphatic carbocycles. The Labute approximate surface area is 87.0 Å². The van der Waals surface area contributed by atoms with E-state index in [2.05, 4.69) is 21.2 Å². The number of aliphatic hydroxyl groups is 1. The molecule has 1 aliphatic rings. The minimum Gasteiger partial charge on any atom is -0.393 e. The van der Waals surface area contributed by atoms with E-state index in [1.807, 2.05) is 0 Å². The van der Waals surface area contributed by atoms with E-state index in [9.17, 15) is 9.90 Å². The second-order valence-electron chi connectivity index (χ2n) is 3.61. The molecule has 0 atom stereocenters. The number of carbonyl (C=O) groups excluding carboxylic acids is 1. The van der Waals surface area contributed by atoms with E-state index in [0.29, 0.717) is 11.2 Å². The highest BCUT2D eigenvalue weighted by Crippen LogP contribution is 2.23. The molecule has 76 valence electrons. The number of hydrogen-bond donors (Lipinski definition) is 2. The normalized spacial score (nSPS) is 28.5. The quantitative estimate of drug-likeness (QED) is 0.735. The smallest absolute Gasteiger partial charge is 0.230 e. The summed E-state index contributed by atoms with van der Waals surface area (Å²) in [5.74, 6) is 0.609. The largest absolute Gasteiger partial charge is 0.393 e. The van der Waals surface area contributed by atoms with Crippen LogP contribution in [0.3, 0.4) is 0 Å². The Morgan fingerprint density at radius 3 is 2.54 bits per heavy atom. The third-order valence-corrected chi connectivity index (χ3v) is 3.03. The Hall–Kier alpha value is -0.0900. The lowest BCUT2D eigenvalue weighted by Crippen LogP contribution is -2.32. The van der Waals surface area contributed by atoms with Crippen molar-refractivity contribution < 1.29 is 9.90 Å². The summed E-state index contributed by atoms with van der Waals surface area (Å²) in [6.07, 6.45) is 3.72. The van der Waals surface area contributed by atoms with Gasteiger partial charge in [-0.3, -0.25) is 4.79 Å². The summed E-state index contributed by atoms with van der Waals surface area (Å²) in [6, 6.07) is 0. The first-order valence-electron chi connectivity index (χ1n) is 4.73. The molecule has 0 bridgehead atoms. The summed E-state index contributed by atoms with van der Waals surface area (Å²) in [5, 5.41) is 12.5. The van der Waals surface area contributed by atoms with E-state index >= 15 is 0 Å². The predicted octanol–water partition coefficient (Wildman–Crippen LogP) is 1.05. The van der Waals surface area contributed by atoms with Gasteiger partial charge in [-0.2, -0.15) is 0 Å². The monoisotopic (exact) mass is 249 g/mol. The van der Waals surface area contributed by atoms with Crippen LogP contribution < -0.4 is 5.32 Å². The van der Waals surface area contributed by atoms with Crippen molar-refractivity contribution in [3.63, 3.8) is 0 Å². The van der Waals surface area contributed by atoms with Gasteiger partial charge in [0.15, 0.2) is 0 Å². The number of alkyl halides is 1. The average Bonchev–Trinajstić information content (AvgIpc) is 2.16. The topological polar surface area (TPSA) is 49.3 Å². The highest BCUT2D eigenvalue weighted by atomic mass is 79.9. The van der Waals surface area contributed by atoms with Crippen LogP contribution in [0.4, 0.5) is 0 Å². The van der Waals surface area contributed by atoms with Gasteiger partial charge in [0, 0.05) is 6.54 Å². The van der Waals surface area contributed by atoms with Gasteiger partial charge in [0.25, 0.3) is 0 Å². The molecule has 2 N–H and O–H groups in total. The van der Waals surface area contributed by atoms with E-state index in [1.165, 1.54) is 0 Å². The second-order valence-corrected chi connectivity index (χ2v) is 4.17. The molecule has 1 amide bonds. The van der Waals surface area contributed by atoms with Crippen LogP contribution in [-0.4, -0.2) is 29.0 Å². The van der Waals surface area contributed by atoms with Crippen LogP contribution in [0.5, 0.6) is 0 Å². The maximum Gasteiger partial charge on any atom is 0.230 e. The number of nitrogens with one attached hydrogen (secondary N) is 1. The fraction of sp³-hybridized carbons (Fsp3) is 0.889. The summed E-state index contributed by atoms with van der Waals surface area (Å²) >= 11 is 3.10. The minimum atomic E-state index is -0.108. The average molecular weight is 250 g/mol. The van der Waals surface area contributed by atoms with Gasteiger partial charge in [-0.15, -0.1) is 0 Å². The van der Waals surface area contributed by atoms with Crippen molar-refractivity contribution in [2.75, 3.05) is 11.9 Å². The number of rotatable bonds is 3. The highest BCUT2D eigenvalue weighted by molar-refractivity contribution is 9.09. The molecule has 1 saturated carbocycles. The predicted molar refractivity (Wildman–Crippen MR) is 54.8 cm³/mol. The standard InChI is InChI=1S/C9H16BrNO2/c10-5-9(13)11-6-7-1-3-8(12)4-2-7/h7-8,12H,1-6H2,(H,11,13). The fourth-order valence-electron chi connectivity index (χ4n) is 1.65. The Kier molecular flexibility index (Phi) is 4.73. The van der Waals surface area contributed by atoms with Crippen LogP contribution in [0, 0.1) is 5.92 Å². The van der Waals surface area contributed by atoms with Crippen molar-refractivity contribution in [2.24, 2.45) is 5.92 Å². The molecule has 3 nitrogen and oxygen atoms in total. The molecule has 0 unspecified atom stereocenters. The summed E-state index contributed by atoms with van der Waals surface area (Å²) < 4.78 is 0. The molecular formula is C9H16BrNO2. The number of amides is 1. The summed E-state index contributed by atoms with van der Waals surface area (Å²) in [6.45, 7) is 0.761.